The lowest BCUT2D eigenvalue weighted by Gasteiger charge is -2.45. The van der Waals surface area contributed by atoms with E-state index in [0.717, 1.165) is 26.0 Å². The number of nitrogens with zero attached hydrogens (tertiary/aromatic N) is 1. The molecule has 2 saturated heterocycles. The Hall–Kier alpha value is -0.410. The van der Waals surface area contributed by atoms with Crippen molar-refractivity contribution in [2.75, 3.05) is 13.2 Å². The van der Waals surface area contributed by atoms with E-state index in [1.807, 2.05) is 0 Å². The lowest BCUT2D eigenvalue weighted by atomic mass is 9.84. The third kappa shape index (κ3) is 2.77. The number of carbonyl (C=O) groups excluding carboxylic acids is 1. The van der Waals surface area contributed by atoms with Crippen LogP contribution >= 0.6 is 0 Å². The Morgan fingerprint density at radius 1 is 1.00 bits per heavy atom. The fourth-order valence-corrected chi connectivity index (χ4v) is 4.01. The molecule has 2 atom stereocenters. The fraction of sp³-hybridized carbons (Fsp3) is 0.933. The largest absolute Gasteiger partial charge is 0.377 e. The molecule has 3 rings (SSSR count). The predicted molar refractivity (Wildman–Crippen MR) is 70.6 cm³/mol. The highest BCUT2D eigenvalue weighted by Gasteiger charge is 2.37. The Balaban J connectivity index is 1.47. The first-order valence-electron chi connectivity index (χ1n) is 7.72. The van der Waals surface area contributed by atoms with Crippen molar-refractivity contribution in [1.82, 2.24) is 4.90 Å². The average molecular weight is 251 g/mol. The summed E-state index contributed by atoms with van der Waals surface area (Å²) in [5, 5.41) is 0. The summed E-state index contributed by atoms with van der Waals surface area (Å²) in [6.45, 7) is 1.91. The van der Waals surface area contributed by atoms with Gasteiger partial charge in [0.1, 0.15) is 5.78 Å². The summed E-state index contributed by atoms with van der Waals surface area (Å²) in [4.78, 5) is 14.2. The van der Waals surface area contributed by atoms with Crippen LogP contribution in [0, 0.1) is 0 Å². The van der Waals surface area contributed by atoms with E-state index in [9.17, 15) is 4.79 Å². The van der Waals surface area contributed by atoms with Crippen molar-refractivity contribution in [1.29, 1.82) is 0 Å². The molecule has 3 fully saturated rings. The molecule has 1 saturated carbocycles. The Labute approximate surface area is 110 Å². The van der Waals surface area contributed by atoms with E-state index in [1.165, 1.54) is 44.9 Å². The zero-order chi connectivity index (χ0) is 12.4. The minimum atomic E-state index is 0.484. The second-order valence-electron chi connectivity index (χ2n) is 6.20. The zero-order valence-electron chi connectivity index (χ0n) is 11.3. The standard InChI is InChI=1S/C15H25NO2/c17-14-10-12-4-3-5-13(11-14)16(12)8-9-18-15-6-1-2-7-15/h12-13,15H,1-11H2. The van der Waals surface area contributed by atoms with Crippen LogP contribution in [0.1, 0.15) is 57.8 Å². The lowest BCUT2D eigenvalue weighted by molar-refractivity contribution is -0.127. The normalized spacial score (nSPS) is 34.1. The number of hydrogen-bond donors (Lipinski definition) is 0. The quantitative estimate of drug-likeness (QED) is 0.769. The summed E-state index contributed by atoms with van der Waals surface area (Å²) in [6, 6.07) is 1.05. The number of piperidine rings is 2. The summed E-state index contributed by atoms with van der Waals surface area (Å²) in [6.07, 6.45) is 11.0. The molecule has 2 bridgehead atoms. The monoisotopic (exact) mass is 251 g/mol. The molecule has 18 heavy (non-hydrogen) atoms. The minimum absolute atomic E-state index is 0.484. The van der Waals surface area contributed by atoms with Crippen LogP contribution < -0.4 is 0 Å². The number of rotatable bonds is 4. The number of ketones is 1. The van der Waals surface area contributed by atoms with Crippen LogP contribution in [0.4, 0.5) is 0 Å². The van der Waals surface area contributed by atoms with Gasteiger partial charge in [-0.25, -0.2) is 0 Å². The first-order chi connectivity index (χ1) is 8.83. The molecule has 0 aromatic heterocycles. The van der Waals surface area contributed by atoms with Crippen LogP contribution in [0.15, 0.2) is 0 Å². The van der Waals surface area contributed by atoms with Gasteiger partial charge < -0.3 is 4.74 Å². The third-order valence-corrected chi connectivity index (χ3v) is 4.94. The molecule has 0 aromatic rings. The fourth-order valence-electron chi connectivity index (χ4n) is 4.01. The van der Waals surface area contributed by atoms with Crippen LogP contribution in [0.25, 0.3) is 0 Å². The molecule has 2 unspecified atom stereocenters. The van der Waals surface area contributed by atoms with Gasteiger partial charge in [0.2, 0.25) is 0 Å². The summed E-state index contributed by atoms with van der Waals surface area (Å²) in [5.41, 5.74) is 0. The van der Waals surface area contributed by atoms with Crippen molar-refractivity contribution in [3.63, 3.8) is 0 Å². The molecule has 1 aliphatic carbocycles. The maximum Gasteiger partial charge on any atom is 0.136 e. The van der Waals surface area contributed by atoms with E-state index in [1.54, 1.807) is 0 Å². The summed E-state index contributed by atoms with van der Waals surface area (Å²) in [7, 11) is 0. The van der Waals surface area contributed by atoms with Gasteiger partial charge >= 0.3 is 0 Å². The molecule has 0 amide bonds. The van der Waals surface area contributed by atoms with E-state index in [-0.39, 0.29) is 0 Å². The van der Waals surface area contributed by atoms with Crippen molar-refractivity contribution >= 4 is 5.78 Å². The van der Waals surface area contributed by atoms with Crippen molar-refractivity contribution < 1.29 is 9.53 Å². The van der Waals surface area contributed by atoms with E-state index in [2.05, 4.69) is 4.90 Å². The first kappa shape index (κ1) is 12.6. The van der Waals surface area contributed by atoms with Crippen LogP contribution in [-0.4, -0.2) is 42.0 Å². The Morgan fingerprint density at radius 2 is 1.67 bits per heavy atom. The molecule has 0 N–H and O–H groups in total. The number of Topliss-reactive ketones (excluding diaryl/α,β-unsaturated/α-hetero) is 1. The molecule has 2 heterocycles. The van der Waals surface area contributed by atoms with Crippen LogP contribution in [0.5, 0.6) is 0 Å². The number of carbonyl (C=O) groups is 1. The van der Waals surface area contributed by atoms with Gasteiger partial charge in [-0.1, -0.05) is 19.3 Å². The summed E-state index contributed by atoms with van der Waals surface area (Å²) < 4.78 is 5.97. The Morgan fingerprint density at radius 3 is 2.33 bits per heavy atom. The smallest absolute Gasteiger partial charge is 0.136 e. The van der Waals surface area contributed by atoms with Crippen molar-refractivity contribution in [2.45, 2.75) is 76.0 Å². The minimum Gasteiger partial charge on any atom is -0.377 e. The van der Waals surface area contributed by atoms with Crippen molar-refractivity contribution in [3.8, 4) is 0 Å². The van der Waals surface area contributed by atoms with Crippen LogP contribution in [0.3, 0.4) is 0 Å². The molecule has 3 aliphatic rings. The lowest BCUT2D eigenvalue weighted by Crippen LogP contribution is -2.53. The van der Waals surface area contributed by atoms with Gasteiger partial charge in [0.05, 0.1) is 12.7 Å². The summed E-state index contributed by atoms with van der Waals surface area (Å²) >= 11 is 0. The van der Waals surface area contributed by atoms with E-state index in [0.29, 0.717) is 24.0 Å². The van der Waals surface area contributed by atoms with Crippen molar-refractivity contribution in [2.24, 2.45) is 0 Å². The molecule has 0 aromatic carbocycles. The van der Waals surface area contributed by atoms with E-state index >= 15 is 0 Å². The van der Waals surface area contributed by atoms with Gasteiger partial charge in [-0.3, -0.25) is 9.69 Å². The summed E-state index contributed by atoms with van der Waals surface area (Å²) in [5.74, 6) is 0.484. The molecular formula is C15H25NO2. The predicted octanol–water partition coefficient (Wildman–Crippen LogP) is 2.53. The Bertz CT molecular complexity index is 283. The average Bonchev–Trinajstić information content (AvgIpc) is 2.83. The van der Waals surface area contributed by atoms with Gasteiger partial charge in [-0.15, -0.1) is 0 Å². The van der Waals surface area contributed by atoms with Gasteiger partial charge in [0, 0.05) is 31.5 Å². The van der Waals surface area contributed by atoms with Gasteiger partial charge in [0.15, 0.2) is 0 Å². The maximum atomic E-state index is 11.6. The topological polar surface area (TPSA) is 29.5 Å². The molecular weight excluding hydrogens is 226 g/mol. The zero-order valence-corrected chi connectivity index (χ0v) is 11.3. The molecule has 0 spiro atoms. The highest BCUT2D eigenvalue weighted by Crippen LogP contribution is 2.32. The first-order valence-corrected chi connectivity index (χ1v) is 7.72. The SMILES string of the molecule is O=C1CC2CCCC(C1)N2CCOC1CCCC1. The second kappa shape index (κ2) is 5.70. The van der Waals surface area contributed by atoms with E-state index < -0.39 is 0 Å². The van der Waals surface area contributed by atoms with E-state index in [4.69, 9.17) is 4.74 Å². The second-order valence-corrected chi connectivity index (χ2v) is 6.20. The third-order valence-electron chi connectivity index (χ3n) is 4.94. The number of hydrogen-bond acceptors (Lipinski definition) is 3. The van der Waals surface area contributed by atoms with Crippen molar-refractivity contribution in [3.05, 3.63) is 0 Å². The Kier molecular flexibility index (Phi) is 4.00. The molecule has 2 aliphatic heterocycles. The van der Waals surface area contributed by atoms with Gasteiger partial charge in [-0.2, -0.15) is 0 Å². The maximum absolute atomic E-state index is 11.6. The van der Waals surface area contributed by atoms with Crippen LogP contribution in [-0.2, 0) is 9.53 Å². The molecule has 102 valence electrons. The van der Waals surface area contributed by atoms with Gasteiger partial charge in [0.25, 0.3) is 0 Å². The number of fused-ring (bicyclic) bond motifs is 2. The van der Waals surface area contributed by atoms with Crippen LogP contribution in [0.2, 0.25) is 0 Å². The molecule has 3 nitrogen and oxygen atoms in total. The molecule has 0 radical (unpaired) electrons. The number of ether oxygens (including phenoxy) is 1. The molecule has 3 heteroatoms. The highest BCUT2D eigenvalue weighted by molar-refractivity contribution is 5.80. The van der Waals surface area contributed by atoms with Gasteiger partial charge in [-0.05, 0) is 25.7 Å². The highest BCUT2D eigenvalue weighted by atomic mass is 16.5.